The summed E-state index contributed by atoms with van der Waals surface area (Å²) in [5.74, 6) is 1.06. The van der Waals surface area contributed by atoms with Crippen LogP contribution in [-0.4, -0.2) is 28.7 Å². The molecule has 5 nitrogen and oxygen atoms in total. The van der Waals surface area contributed by atoms with Crippen LogP contribution >= 0.6 is 34.7 Å². The van der Waals surface area contributed by atoms with Crippen LogP contribution in [0.25, 0.3) is 10.2 Å². The van der Waals surface area contributed by atoms with E-state index in [1.165, 1.54) is 23.1 Å². The second kappa shape index (κ2) is 9.68. The number of methoxy groups -OCH3 is 1. The largest absolute Gasteiger partial charge is 0.497 e. The van der Waals surface area contributed by atoms with Crippen molar-refractivity contribution in [1.82, 2.24) is 9.97 Å². The first kappa shape index (κ1) is 21.6. The maximum Gasteiger partial charge on any atom is 0.239 e. The lowest BCUT2D eigenvalue weighted by Gasteiger charge is -2.20. The van der Waals surface area contributed by atoms with Gasteiger partial charge >= 0.3 is 0 Å². The van der Waals surface area contributed by atoms with E-state index < -0.39 is 0 Å². The number of hydrogen-bond acceptors (Lipinski definition) is 6. The van der Waals surface area contributed by atoms with Crippen LogP contribution in [-0.2, 0) is 11.3 Å². The van der Waals surface area contributed by atoms with Crippen LogP contribution in [0.15, 0.2) is 65.8 Å². The summed E-state index contributed by atoms with van der Waals surface area (Å²) in [6, 6.07) is 15.3. The molecular weight excluding hydrogens is 450 g/mol. The molecule has 158 valence electrons. The Kier molecular flexibility index (Phi) is 6.75. The molecule has 0 aliphatic carbocycles. The second-order valence-electron chi connectivity index (χ2n) is 6.84. The van der Waals surface area contributed by atoms with Gasteiger partial charge in [-0.05, 0) is 60.5 Å². The average Bonchev–Trinajstić information content (AvgIpc) is 3.26. The summed E-state index contributed by atoms with van der Waals surface area (Å²) >= 11 is 9.32. The number of carbonyl (C=O) groups is 1. The van der Waals surface area contributed by atoms with Gasteiger partial charge in [0.05, 0.1) is 34.6 Å². The number of fused-ring (bicyclic) bond motifs is 1. The number of pyridine rings is 1. The van der Waals surface area contributed by atoms with E-state index in [1.54, 1.807) is 24.4 Å². The fourth-order valence-electron chi connectivity index (χ4n) is 3.03. The molecule has 4 aromatic rings. The number of thiazole rings is 1. The number of aryl methyl sites for hydroxylation is 1. The highest BCUT2D eigenvalue weighted by Crippen LogP contribution is 2.36. The molecule has 0 N–H and O–H groups in total. The fraction of sp³-hybridized carbons (Fsp3) is 0.174. The van der Waals surface area contributed by atoms with Crippen LogP contribution in [0.2, 0.25) is 5.02 Å². The lowest BCUT2D eigenvalue weighted by Crippen LogP contribution is -2.31. The van der Waals surface area contributed by atoms with Crippen LogP contribution in [0.3, 0.4) is 0 Å². The Morgan fingerprint density at radius 2 is 1.87 bits per heavy atom. The van der Waals surface area contributed by atoms with E-state index >= 15 is 0 Å². The Morgan fingerprint density at radius 1 is 1.13 bits per heavy atom. The number of aromatic nitrogens is 2. The number of amides is 1. The smallest absolute Gasteiger partial charge is 0.239 e. The SMILES string of the molecule is COc1ccc(SCC(=O)N(Cc2ccncc2)c2nc3c(C)ccc(Cl)c3s2)cc1. The van der Waals surface area contributed by atoms with E-state index in [2.05, 4.69) is 4.98 Å². The van der Waals surface area contributed by atoms with Gasteiger partial charge in [-0.1, -0.05) is 29.0 Å². The standard InChI is InChI=1S/C23H20ClN3O2S2/c1-15-3-8-19(24)22-21(15)26-23(31-22)27(13-16-9-11-25-12-10-16)20(28)14-30-18-6-4-17(29-2)5-7-18/h3-12H,13-14H2,1-2H3. The van der Waals surface area contributed by atoms with Gasteiger partial charge in [-0.3, -0.25) is 14.7 Å². The number of rotatable bonds is 7. The van der Waals surface area contributed by atoms with Crippen LogP contribution in [0.1, 0.15) is 11.1 Å². The summed E-state index contributed by atoms with van der Waals surface area (Å²) in [5, 5.41) is 1.29. The van der Waals surface area contributed by atoms with Gasteiger partial charge in [0.15, 0.2) is 5.13 Å². The lowest BCUT2D eigenvalue weighted by molar-refractivity contribution is -0.116. The molecule has 0 spiro atoms. The highest BCUT2D eigenvalue weighted by atomic mass is 35.5. The van der Waals surface area contributed by atoms with E-state index in [1.807, 2.05) is 55.5 Å². The van der Waals surface area contributed by atoms with Crippen molar-refractivity contribution in [3.8, 4) is 5.75 Å². The van der Waals surface area contributed by atoms with Crippen molar-refractivity contribution in [3.05, 3.63) is 77.1 Å². The first-order valence-electron chi connectivity index (χ1n) is 9.57. The highest BCUT2D eigenvalue weighted by molar-refractivity contribution is 8.00. The van der Waals surface area contributed by atoms with Gasteiger partial charge in [0, 0.05) is 17.3 Å². The number of anilines is 1. The monoisotopic (exact) mass is 469 g/mol. The van der Waals surface area contributed by atoms with E-state index in [-0.39, 0.29) is 5.91 Å². The molecule has 0 atom stereocenters. The predicted molar refractivity (Wildman–Crippen MR) is 129 cm³/mol. The minimum atomic E-state index is -0.0227. The van der Waals surface area contributed by atoms with E-state index in [4.69, 9.17) is 21.3 Å². The quantitative estimate of drug-likeness (QED) is 0.311. The lowest BCUT2D eigenvalue weighted by atomic mass is 10.2. The van der Waals surface area contributed by atoms with Gasteiger partial charge in [0.25, 0.3) is 0 Å². The zero-order valence-corrected chi connectivity index (χ0v) is 19.4. The molecule has 0 unspecified atom stereocenters. The molecule has 0 radical (unpaired) electrons. The maximum atomic E-state index is 13.3. The third-order valence-corrected chi connectivity index (χ3v) is 7.27. The molecule has 31 heavy (non-hydrogen) atoms. The number of thioether (sulfide) groups is 1. The topological polar surface area (TPSA) is 55.3 Å². The molecule has 0 saturated carbocycles. The van der Waals surface area contributed by atoms with E-state index in [9.17, 15) is 4.79 Å². The molecule has 1 amide bonds. The van der Waals surface area contributed by atoms with Crippen molar-refractivity contribution in [2.75, 3.05) is 17.8 Å². The molecular formula is C23H20ClN3O2S2. The van der Waals surface area contributed by atoms with Crippen LogP contribution < -0.4 is 9.64 Å². The van der Waals surface area contributed by atoms with Gasteiger partial charge in [0.2, 0.25) is 5.91 Å². The van der Waals surface area contributed by atoms with Gasteiger partial charge in [-0.25, -0.2) is 4.98 Å². The van der Waals surface area contributed by atoms with Gasteiger partial charge < -0.3 is 4.74 Å². The van der Waals surface area contributed by atoms with Crippen molar-refractivity contribution >= 4 is 56.0 Å². The number of hydrogen-bond donors (Lipinski definition) is 0. The van der Waals surface area contributed by atoms with Crippen LogP contribution in [0.5, 0.6) is 5.75 Å². The van der Waals surface area contributed by atoms with Crippen molar-refractivity contribution in [1.29, 1.82) is 0 Å². The number of carbonyl (C=O) groups excluding carboxylic acids is 1. The Bertz CT molecular complexity index is 1160. The van der Waals surface area contributed by atoms with E-state index in [0.29, 0.717) is 22.5 Å². The third-order valence-electron chi connectivity index (χ3n) is 4.73. The van der Waals surface area contributed by atoms with Crippen LogP contribution in [0.4, 0.5) is 5.13 Å². The normalized spacial score (nSPS) is 10.9. The maximum absolute atomic E-state index is 13.3. The number of ether oxygens (including phenoxy) is 1. The van der Waals surface area contributed by atoms with Gasteiger partial charge in [-0.2, -0.15) is 0 Å². The van der Waals surface area contributed by atoms with Crippen molar-refractivity contribution in [3.63, 3.8) is 0 Å². The van der Waals surface area contributed by atoms with Crippen molar-refractivity contribution < 1.29 is 9.53 Å². The molecule has 0 fully saturated rings. The third kappa shape index (κ3) is 5.01. The minimum absolute atomic E-state index is 0.0227. The Morgan fingerprint density at radius 3 is 2.55 bits per heavy atom. The van der Waals surface area contributed by atoms with Crippen molar-refractivity contribution in [2.24, 2.45) is 0 Å². The Hall–Kier alpha value is -2.61. The highest BCUT2D eigenvalue weighted by Gasteiger charge is 2.22. The Balaban J connectivity index is 1.61. The number of benzene rings is 2. The number of nitrogens with zero attached hydrogens (tertiary/aromatic N) is 3. The molecule has 8 heteroatoms. The predicted octanol–water partition coefficient (Wildman–Crippen LogP) is 5.99. The molecule has 0 saturated heterocycles. The molecule has 2 heterocycles. The summed E-state index contributed by atoms with van der Waals surface area (Å²) < 4.78 is 6.09. The van der Waals surface area contributed by atoms with Gasteiger partial charge in [-0.15, -0.1) is 11.8 Å². The van der Waals surface area contributed by atoms with Crippen molar-refractivity contribution in [2.45, 2.75) is 18.4 Å². The summed E-state index contributed by atoms with van der Waals surface area (Å²) in [5.41, 5.74) is 2.86. The molecule has 0 aliphatic rings. The molecule has 2 aromatic heterocycles. The molecule has 0 aliphatic heterocycles. The average molecular weight is 470 g/mol. The zero-order chi connectivity index (χ0) is 21.8. The Labute approximate surface area is 194 Å². The minimum Gasteiger partial charge on any atom is -0.497 e. The second-order valence-corrected chi connectivity index (χ2v) is 9.27. The van der Waals surface area contributed by atoms with Gasteiger partial charge in [0.1, 0.15) is 5.75 Å². The summed E-state index contributed by atoms with van der Waals surface area (Å²) in [6.07, 6.45) is 3.45. The number of halogens is 1. The first-order chi connectivity index (χ1) is 15.0. The van der Waals surface area contributed by atoms with Crippen LogP contribution in [0, 0.1) is 6.92 Å². The molecule has 0 bridgehead atoms. The summed E-state index contributed by atoms with van der Waals surface area (Å²) in [4.78, 5) is 24.9. The zero-order valence-electron chi connectivity index (χ0n) is 17.0. The first-order valence-corrected chi connectivity index (χ1v) is 11.7. The molecule has 2 aromatic carbocycles. The summed E-state index contributed by atoms with van der Waals surface area (Å²) in [6.45, 7) is 2.41. The fourth-order valence-corrected chi connectivity index (χ4v) is 5.14. The van der Waals surface area contributed by atoms with E-state index in [0.717, 1.165) is 32.0 Å². The molecule has 4 rings (SSSR count). The summed E-state index contributed by atoms with van der Waals surface area (Å²) in [7, 11) is 1.63.